The van der Waals surface area contributed by atoms with Crippen LogP contribution in [0.3, 0.4) is 0 Å². The molecule has 0 N–H and O–H groups in total. The maximum absolute atomic E-state index is 3.76. The van der Waals surface area contributed by atoms with Gasteiger partial charge >= 0.3 is 6.42 Å². The van der Waals surface area contributed by atoms with Gasteiger partial charge < -0.3 is 56.9 Å². The van der Waals surface area contributed by atoms with Crippen molar-refractivity contribution in [2.75, 3.05) is 0 Å². The van der Waals surface area contributed by atoms with Crippen LogP contribution in [-0.2, 0) is 14.1 Å². The smallest absolute Gasteiger partial charge is 0.521 e. The van der Waals surface area contributed by atoms with Gasteiger partial charge in [-0.15, -0.1) is 0 Å². The van der Waals surface area contributed by atoms with Crippen molar-refractivity contribution >= 4 is 63.4 Å². The van der Waals surface area contributed by atoms with E-state index in [4.69, 9.17) is 0 Å². The van der Waals surface area contributed by atoms with E-state index in [0.717, 1.165) is 11.1 Å². The second-order valence-electron chi connectivity index (χ2n) is 9.53. The Morgan fingerprint density at radius 1 is 0.842 bits per heavy atom. The van der Waals surface area contributed by atoms with Gasteiger partial charge in [0.05, 0.1) is 14.7 Å². The van der Waals surface area contributed by atoms with Gasteiger partial charge in [-0.05, 0) is 89.3 Å². The van der Waals surface area contributed by atoms with Crippen molar-refractivity contribution in [2.24, 2.45) is 14.1 Å². The molecule has 3 aromatic heterocycles. The maximum Gasteiger partial charge on any atom is 0.521 e. The summed E-state index contributed by atoms with van der Waals surface area (Å²) in [5.74, 6) is 14.6. The molecular formula is C29H27BI4N4. The molecule has 2 aliphatic rings. The predicted molar refractivity (Wildman–Crippen MR) is 162 cm³/mol. The number of allylic oxidation sites excluding steroid dienone is 2. The Morgan fingerprint density at radius 3 is 1.87 bits per heavy atom. The first kappa shape index (κ1) is 31.4. The van der Waals surface area contributed by atoms with Gasteiger partial charge in [0.15, 0.2) is 30.5 Å². The lowest BCUT2D eigenvalue weighted by atomic mass is 9.45. The van der Waals surface area contributed by atoms with E-state index in [-0.39, 0.29) is 48.0 Å². The summed E-state index contributed by atoms with van der Waals surface area (Å²) in [5.41, 5.74) is 9.29. The summed E-state index contributed by atoms with van der Waals surface area (Å²) < 4.78 is 11.4. The van der Waals surface area contributed by atoms with Crippen molar-refractivity contribution in [3.63, 3.8) is 0 Å². The second kappa shape index (κ2) is 12.1. The Hall–Kier alpha value is -1.17. The van der Waals surface area contributed by atoms with Gasteiger partial charge in [0, 0.05) is 40.0 Å². The fourth-order valence-corrected chi connectivity index (χ4v) is 6.32. The van der Waals surface area contributed by atoms with E-state index in [1.165, 1.54) is 41.1 Å². The van der Waals surface area contributed by atoms with E-state index in [0.29, 0.717) is 0 Å². The first-order valence-corrected chi connectivity index (χ1v) is 14.0. The molecule has 2 aliphatic heterocycles. The first-order chi connectivity index (χ1) is 17.1. The van der Waals surface area contributed by atoms with E-state index in [2.05, 4.69) is 136 Å². The average Bonchev–Trinajstić information content (AvgIpc) is 3.21. The zero-order valence-corrected chi connectivity index (χ0v) is 30.7. The van der Waals surface area contributed by atoms with Crippen molar-refractivity contribution in [3.8, 4) is 23.5 Å². The molecule has 0 aliphatic carbocycles. The molecule has 0 aromatic carbocycles. The number of hydrogen-bond donors (Lipinski definition) is 0. The molecule has 0 bridgehead atoms. The van der Waals surface area contributed by atoms with Crippen molar-refractivity contribution in [2.45, 2.75) is 27.7 Å². The van der Waals surface area contributed by atoms with Gasteiger partial charge in [-0.3, -0.25) is 0 Å². The van der Waals surface area contributed by atoms with Crippen molar-refractivity contribution in [3.05, 3.63) is 95.6 Å². The maximum atomic E-state index is 3.76. The van der Waals surface area contributed by atoms with Gasteiger partial charge in [0.1, 0.15) is 19.8 Å². The van der Waals surface area contributed by atoms with E-state index in [9.17, 15) is 0 Å². The fraction of sp³-hybridized carbons (Fsp3) is 0.207. The number of halogens is 4. The minimum atomic E-state index is -1.84. The molecule has 38 heavy (non-hydrogen) atoms. The van der Waals surface area contributed by atoms with Crippen LogP contribution in [0.2, 0.25) is 0 Å². The molecule has 0 amide bonds. The third-order valence-electron chi connectivity index (χ3n) is 7.04. The minimum absolute atomic E-state index is 0. The number of pyridine rings is 2. The highest BCUT2D eigenvalue weighted by Crippen LogP contribution is 2.40. The van der Waals surface area contributed by atoms with Crippen LogP contribution in [0.1, 0.15) is 41.9 Å². The Kier molecular flexibility index (Phi) is 10.0. The van der Waals surface area contributed by atoms with E-state index in [1.807, 2.05) is 47.8 Å². The molecule has 4 nitrogen and oxygen atoms in total. The molecule has 0 fully saturated rings. The lowest BCUT2D eigenvalue weighted by molar-refractivity contribution is -0.671. The molecule has 194 valence electrons. The van der Waals surface area contributed by atoms with Crippen LogP contribution in [-0.4, -0.2) is 21.1 Å². The number of hydrogen-bond acceptors (Lipinski definition) is 0. The van der Waals surface area contributed by atoms with Crippen LogP contribution < -0.4 is 57.1 Å². The summed E-state index contributed by atoms with van der Waals surface area (Å²) in [6, 6.07) is 8.19. The Labute approximate surface area is 287 Å². The minimum Gasteiger partial charge on any atom is -1.00 e. The summed E-state index contributed by atoms with van der Waals surface area (Å²) in [4.78, 5) is 0. The van der Waals surface area contributed by atoms with Crippen LogP contribution in [0, 0.1) is 40.9 Å². The van der Waals surface area contributed by atoms with Gasteiger partial charge in [-0.25, -0.2) is 9.13 Å². The molecule has 3 aromatic rings. The molecule has 5 heterocycles. The lowest BCUT2D eigenvalue weighted by Gasteiger charge is -2.36. The molecule has 0 saturated carbocycles. The van der Waals surface area contributed by atoms with Crippen molar-refractivity contribution < 1.29 is 61.6 Å². The van der Waals surface area contributed by atoms with Crippen LogP contribution in [0.5, 0.6) is 0 Å². The predicted octanol–water partition coefficient (Wildman–Crippen LogP) is -1.61. The monoisotopic (exact) mass is 950 g/mol. The highest BCUT2D eigenvalue weighted by Gasteiger charge is 2.49. The second-order valence-corrected chi connectivity index (χ2v) is 11.7. The average molecular weight is 950 g/mol. The summed E-state index contributed by atoms with van der Waals surface area (Å²) in [6.45, 7) is 8.80. The van der Waals surface area contributed by atoms with Crippen LogP contribution >= 0.6 is 45.2 Å². The summed E-state index contributed by atoms with van der Waals surface area (Å²) in [5, 5.41) is 0. The van der Waals surface area contributed by atoms with E-state index in [1.54, 1.807) is 0 Å². The Morgan fingerprint density at radius 2 is 1.37 bits per heavy atom. The van der Waals surface area contributed by atoms with Crippen LogP contribution in [0.15, 0.2) is 63.9 Å². The lowest BCUT2D eigenvalue weighted by Crippen LogP contribution is -3.00. The quantitative estimate of drug-likeness (QED) is 0.112. The molecule has 0 spiro atoms. The summed E-state index contributed by atoms with van der Waals surface area (Å²) >= 11 is 4.94. The summed E-state index contributed by atoms with van der Waals surface area (Å²) in [6.07, 6.45) is 8.66. The third kappa shape index (κ3) is 5.29. The largest absolute Gasteiger partial charge is 1.00 e. The Balaban J connectivity index is 0.00000200. The van der Waals surface area contributed by atoms with Gasteiger partial charge in [-0.2, -0.15) is 11.6 Å². The zero-order valence-electron chi connectivity index (χ0n) is 22.1. The first-order valence-electron chi connectivity index (χ1n) is 11.9. The molecular weight excluding hydrogens is 923 g/mol. The molecule has 0 saturated heterocycles. The fourth-order valence-electron chi connectivity index (χ4n) is 5.25. The molecule has 5 rings (SSSR count). The highest BCUT2D eigenvalue weighted by atomic mass is 127. The molecule has 9 heteroatoms. The van der Waals surface area contributed by atoms with E-state index < -0.39 is 6.42 Å². The normalized spacial score (nSPS) is 14.7. The Bertz CT molecular complexity index is 1630. The number of aromatic nitrogens is 3. The topological polar surface area (TPSA) is 15.7 Å². The molecule has 0 radical (unpaired) electrons. The van der Waals surface area contributed by atoms with Gasteiger partial charge in [0.2, 0.25) is 0 Å². The van der Waals surface area contributed by atoms with Crippen molar-refractivity contribution in [1.82, 2.24) is 4.48 Å². The van der Waals surface area contributed by atoms with Gasteiger partial charge in [-0.1, -0.05) is 11.8 Å². The number of aryl methyl sites for hydroxylation is 2. The number of fused-ring (bicyclic) bond motifs is 2. The number of nitrogens with zero attached hydrogens (tertiary/aromatic N) is 4. The van der Waals surface area contributed by atoms with Gasteiger partial charge in [0.25, 0.3) is 0 Å². The van der Waals surface area contributed by atoms with Crippen molar-refractivity contribution in [1.29, 1.82) is 0 Å². The standard InChI is InChI=1S/C29H27BI2N4.2HI/c1-20-26-17-27-21(2)29(32)23(4)36(27)30(35(26)22(3)28(20)31,13-11-24-9-7-15-33(5)18-24)14-12-25-10-8-16-34(6)19-25;;/h7-10,15-19H,1-6H3;2*1H/q+2;;/p-2. The third-order valence-corrected chi connectivity index (χ3v) is 10.2. The van der Waals surface area contributed by atoms with Crippen LogP contribution in [0.25, 0.3) is 6.08 Å². The highest BCUT2D eigenvalue weighted by molar-refractivity contribution is 14.1. The molecule has 0 atom stereocenters. The summed E-state index contributed by atoms with van der Waals surface area (Å²) in [7, 11) is 4.05. The zero-order chi connectivity index (χ0) is 25.8. The van der Waals surface area contributed by atoms with Crippen LogP contribution in [0.4, 0.5) is 0 Å². The molecule has 0 unspecified atom stereocenters. The van der Waals surface area contributed by atoms with E-state index >= 15 is 0 Å². The SMILES string of the molecule is CC1=C(I)C(C)=[N+]2C1=Cc1c(C)c(I)c(C)n1[B-]2(C#Cc1ccc[n+](C)c1)C#Cc1ccc[n+](C)c1.[I-].[I-]. The number of rotatable bonds is 0.